The number of nitrogens with zero attached hydrogens (tertiary/aromatic N) is 4. The zero-order chi connectivity index (χ0) is 21.8. The molecule has 0 fully saturated rings. The molecule has 2 heterocycles. The van der Waals surface area contributed by atoms with Crippen LogP contribution in [0.15, 0.2) is 60.7 Å². The number of anilines is 2. The van der Waals surface area contributed by atoms with E-state index in [9.17, 15) is 4.39 Å². The van der Waals surface area contributed by atoms with Gasteiger partial charge in [-0.3, -0.25) is 0 Å². The Morgan fingerprint density at radius 1 is 0.903 bits per heavy atom. The van der Waals surface area contributed by atoms with Gasteiger partial charge in [-0.1, -0.05) is 12.1 Å². The number of rotatable bonds is 7. The van der Waals surface area contributed by atoms with Crippen LogP contribution in [0.5, 0.6) is 5.88 Å². The number of fused-ring (bicyclic) bond motifs is 1. The van der Waals surface area contributed by atoms with Crippen molar-refractivity contribution in [2.75, 3.05) is 30.9 Å². The zero-order valence-electron chi connectivity index (χ0n) is 17.8. The first-order valence-corrected chi connectivity index (χ1v) is 10.1. The number of hydrogen-bond acceptors (Lipinski definition) is 6. The number of pyridine rings is 1. The maximum atomic E-state index is 13.2. The number of benzene rings is 2. The standard InChI is InChI=1S/C24H24FN5O/c1-4-31-23-22-21(14-13-20(27-22)17-7-9-18(25)10-8-17)28-24(29-23)26-15-16-5-11-19(12-6-16)30(2)3/h5-14H,4,15H2,1-3H3,(H,26,28,29). The first kappa shape index (κ1) is 20.5. The van der Waals surface area contributed by atoms with Gasteiger partial charge >= 0.3 is 0 Å². The fourth-order valence-electron chi connectivity index (χ4n) is 3.18. The van der Waals surface area contributed by atoms with Crippen LogP contribution in [0.1, 0.15) is 12.5 Å². The second kappa shape index (κ2) is 8.95. The molecule has 0 aliphatic rings. The zero-order valence-corrected chi connectivity index (χ0v) is 17.8. The summed E-state index contributed by atoms with van der Waals surface area (Å²) in [5, 5.41) is 3.27. The summed E-state index contributed by atoms with van der Waals surface area (Å²) in [6.07, 6.45) is 0. The number of nitrogens with one attached hydrogen (secondary N) is 1. The molecule has 0 radical (unpaired) electrons. The summed E-state index contributed by atoms with van der Waals surface area (Å²) in [6.45, 7) is 2.95. The molecule has 0 saturated heterocycles. The quantitative estimate of drug-likeness (QED) is 0.461. The average molecular weight is 417 g/mol. The highest BCUT2D eigenvalue weighted by molar-refractivity contribution is 5.83. The molecule has 0 bridgehead atoms. The number of aromatic nitrogens is 3. The number of hydrogen-bond donors (Lipinski definition) is 1. The minimum absolute atomic E-state index is 0.282. The van der Waals surface area contributed by atoms with E-state index in [4.69, 9.17) is 4.74 Å². The third-order valence-corrected chi connectivity index (χ3v) is 4.83. The van der Waals surface area contributed by atoms with Crippen molar-refractivity contribution < 1.29 is 9.13 Å². The Bertz CT molecular complexity index is 1180. The molecule has 31 heavy (non-hydrogen) atoms. The molecule has 0 aliphatic heterocycles. The van der Waals surface area contributed by atoms with Crippen molar-refractivity contribution in [3.63, 3.8) is 0 Å². The molecule has 0 spiro atoms. The van der Waals surface area contributed by atoms with Crippen LogP contribution in [0.2, 0.25) is 0 Å². The lowest BCUT2D eigenvalue weighted by Gasteiger charge is -2.13. The predicted molar refractivity (Wildman–Crippen MR) is 122 cm³/mol. The third kappa shape index (κ3) is 4.71. The Morgan fingerprint density at radius 2 is 1.65 bits per heavy atom. The topological polar surface area (TPSA) is 63.2 Å². The van der Waals surface area contributed by atoms with E-state index in [1.165, 1.54) is 12.1 Å². The Balaban J connectivity index is 1.61. The van der Waals surface area contributed by atoms with Crippen LogP contribution < -0.4 is 15.0 Å². The van der Waals surface area contributed by atoms with Gasteiger partial charge in [0.15, 0.2) is 5.52 Å². The average Bonchev–Trinajstić information content (AvgIpc) is 2.78. The lowest BCUT2D eigenvalue weighted by Crippen LogP contribution is -2.09. The largest absolute Gasteiger partial charge is 0.476 e. The molecule has 1 N–H and O–H groups in total. The van der Waals surface area contributed by atoms with E-state index in [2.05, 4.69) is 49.4 Å². The van der Waals surface area contributed by atoms with Crippen molar-refractivity contribution in [3.05, 3.63) is 72.0 Å². The van der Waals surface area contributed by atoms with Crippen LogP contribution in [0.25, 0.3) is 22.3 Å². The second-order valence-corrected chi connectivity index (χ2v) is 7.27. The van der Waals surface area contributed by atoms with Crippen molar-refractivity contribution in [2.45, 2.75) is 13.5 Å². The molecule has 2 aromatic carbocycles. The summed E-state index contributed by atoms with van der Waals surface area (Å²) in [5.74, 6) is 0.612. The molecule has 4 rings (SSSR count). The Labute approximate surface area is 180 Å². The molecule has 0 unspecified atom stereocenters. The minimum Gasteiger partial charge on any atom is -0.476 e. The van der Waals surface area contributed by atoms with Crippen LogP contribution in [-0.2, 0) is 6.54 Å². The predicted octanol–water partition coefficient (Wildman–Crippen LogP) is 4.91. The van der Waals surface area contributed by atoms with Crippen molar-refractivity contribution in [2.24, 2.45) is 0 Å². The van der Waals surface area contributed by atoms with Crippen molar-refractivity contribution in [3.8, 4) is 17.1 Å². The van der Waals surface area contributed by atoms with E-state index in [-0.39, 0.29) is 5.82 Å². The first-order valence-electron chi connectivity index (χ1n) is 10.1. The fraction of sp³-hybridized carbons (Fsp3) is 0.208. The smallest absolute Gasteiger partial charge is 0.245 e. The van der Waals surface area contributed by atoms with Gasteiger partial charge < -0.3 is 15.0 Å². The van der Waals surface area contributed by atoms with Crippen LogP contribution in [0, 0.1) is 5.82 Å². The molecular formula is C24H24FN5O. The summed E-state index contributed by atoms with van der Waals surface area (Å²) in [6, 6.07) is 18.3. The van der Waals surface area contributed by atoms with Crippen molar-refractivity contribution in [1.29, 1.82) is 0 Å². The van der Waals surface area contributed by atoms with Gasteiger partial charge in [0.25, 0.3) is 0 Å². The lowest BCUT2D eigenvalue weighted by atomic mass is 10.1. The van der Waals surface area contributed by atoms with Crippen molar-refractivity contribution in [1.82, 2.24) is 15.0 Å². The molecule has 2 aromatic heterocycles. The molecule has 4 aromatic rings. The van der Waals surface area contributed by atoms with E-state index >= 15 is 0 Å². The Kier molecular flexibility index (Phi) is 5.93. The van der Waals surface area contributed by atoms with E-state index in [1.54, 1.807) is 12.1 Å². The van der Waals surface area contributed by atoms with Gasteiger partial charge in [-0.05, 0) is 61.0 Å². The van der Waals surface area contributed by atoms with Crippen LogP contribution in [0.3, 0.4) is 0 Å². The van der Waals surface area contributed by atoms with Gasteiger partial charge in [0.05, 0.1) is 17.8 Å². The van der Waals surface area contributed by atoms with Gasteiger partial charge in [-0.2, -0.15) is 4.98 Å². The number of halogens is 1. The summed E-state index contributed by atoms with van der Waals surface area (Å²) >= 11 is 0. The van der Waals surface area contributed by atoms with Gasteiger partial charge in [0.1, 0.15) is 5.82 Å². The summed E-state index contributed by atoms with van der Waals surface area (Å²) in [7, 11) is 4.03. The Hall–Kier alpha value is -3.74. The molecule has 0 saturated carbocycles. The summed E-state index contributed by atoms with van der Waals surface area (Å²) in [5.41, 5.74) is 5.04. The molecule has 0 atom stereocenters. The molecular weight excluding hydrogens is 393 g/mol. The fourth-order valence-corrected chi connectivity index (χ4v) is 3.18. The van der Waals surface area contributed by atoms with Gasteiger partial charge in [-0.25, -0.2) is 14.4 Å². The highest BCUT2D eigenvalue weighted by Crippen LogP contribution is 2.27. The molecule has 6 nitrogen and oxygen atoms in total. The van der Waals surface area contributed by atoms with E-state index < -0.39 is 0 Å². The van der Waals surface area contributed by atoms with Crippen LogP contribution >= 0.6 is 0 Å². The minimum atomic E-state index is -0.282. The van der Waals surface area contributed by atoms with Gasteiger partial charge in [-0.15, -0.1) is 0 Å². The molecule has 158 valence electrons. The van der Waals surface area contributed by atoms with Gasteiger partial charge in [0.2, 0.25) is 11.8 Å². The van der Waals surface area contributed by atoms with Gasteiger partial charge in [0, 0.05) is 31.9 Å². The molecule has 0 amide bonds. The third-order valence-electron chi connectivity index (χ3n) is 4.83. The summed E-state index contributed by atoms with van der Waals surface area (Å²) in [4.78, 5) is 15.9. The van der Waals surface area contributed by atoms with E-state index in [0.29, 0.717) is 41.7 Å². The highest BCUT2D eigenvalue weighted by atomic mass is 19.1. The second-order valence-electron chi connectivity index (χ2n) is 7.27. The highest BCUT2D eigenvalue weighted by Gasteiger charge is 2.12. The van der Waals surface area contributed by atoms with Crippen LogP contribution in [-0.4, -0.2) is 35.7 Å². The normalized spacial score (nSPS) is 10.8. The monoisotopic (exact) mass is 417 g/mol. The number of ether oxygens (including phenoxy) is 1. The lowest BCUT2D eigenvalue weighted by molar-refractivity contribution is 0.330. The maximum absolute atomic E-state index is 13.2. The Morgan fingerprint density at radius 3 is 2.32 bits per heavy atom. The molecule has 0 aliphatic carbocycles. The maximum Gasteiger partial charge on any atom is 0.245 e. The van der Waals surface area contributed by atoms with Crippen molar-refractivity contribution >= 4 is 22.7 Å². The molecule has 7 heteroatoms. The summed E-state index contributed by atoms with van der Waals surface area (Å²) < 4.78 is 19.0. The SMILES string of the molecule is CCOc1nc(NCc2ccc(N(C)C)cc2)nc2ccc(-c3ccc(F)cc3)nc12. The van der Waals surface area contributed by atoms with Crippen LogP contribution in [0.4, 0.5) is 16.0 Å². The first-order chi connectivity index (χ1) is 15.0. The van der Waals surface area contributed by atoms with E-state index in [0.717, 1.165) is 16.8 Å². The van der Waals surface area contributed by atoms with E-state index in [1.807, 2.05) is 33.2 Å².